The van der Waals surface area contributed by atoms with Gasteiger partial charge in [0, 0.05) is 12.1 Å². The van der Waals surface area contributed by atoms with Crippen LogP contribution in [-0.4, -0.2) is 10.8 Å². The summed E-state index contributed by atoms with van der Waals surface area (Å²) in [6.45, 7) is 2.80. The van der Waals surface area contributed by atoms with Crippen molar-refractivity contribution in [3.8, 4) is 0 Å². The quantitative estimate of drug-likeness (QED) is 0.784. The summed E-state index contributed by atoms with van der Waals surface area (Å²) in [5.41, 5.74) is 3.16. The van der Waals surface area contributed by atoms with Crippen LogP contribution in [0.15, 0.2) is 54.6 Å². The number of carbonyl (C=O) groups is 1. The fourth-order valence-corrected chi connectivity index (χ4v) is 2.50. The maximum Gasteiger partial charge on any atom is 0.255 e. The Morgan fingerprint density at radius 2 is 1.67 bits per heavy atom. The molecule has 0 spiro atoms. The lowest BCUT2D eigenvalue weighted by Crippen LogP contribution is -2.27. The Morgan fingerprint density at radius 3 is 2.39 bits per heavy atom. The molecule has 1 heterocycles. The number of fused-ring (bicyclic) bond motifs is 1. The Kier molecular flexibility index (Phi) is 2.63. The van der Waals surface area contributed by atoms with Crippen LogP contribution in [0.3, 0.4) is 0 Å². The smallest absolute Gasteiger partial charge is 0.255 e. The molecule has 0 unspecified atom stereocenters. The van der Waals surface area contributed by atoms with E-state index < -0.39 is 0 Å². The van der Waals surface area contributed by atoms with Crippen LogP contribution in [-0.2, 0) is 6.54 Å². The van der Waals surface area contributed by atoms with Crippen molar-refractivity contribution < 1.29 is 4.79 Å². The van der Waals surface area contributed by atoms with Crippen molar-refractivity contribution in [1.82, 2.24) is 4.90 Å². The van der Waals surface area contributed by atoms with E-state index >= 15 is 0 Å². The number of rotatable bonds is 2. The van der Waals surface area contributed by atoms with Crippen LogP contribution in [0.1, 0.15) is 34.5 Å². The Hall–Kier alpha value is -2.09. The van der Waals surface area contributed by atoms with Gasteiger partial charge in [0.05, 0.1) is 6.04 Å². The zero-order valence-corrected chi connectivity index (χ0v) is 10.3. The van der Waals surface area contributed by atoms with E-state index in [2.05, 4.69) is 19.1 Å². The second-order valence-corrected chi connectivity index (χ2v) is 4.68. The van der Waals surface area contributed by atoms with Crippen molar-refractivity contribution in [1.29, 1.82) is 0 Å². The molecule has 2 aromatic carbocycles. The molecule has 3 rings (SSSR count). The van der Waals surface area contributed by atoms with Crippen LogP contribution in [0.25, 0.3) is 0 Å². The minimum Gasteiger partial charge on any atom is -0.328 e. The van der Waals surface area contributed by atoms with Crippen molar-refractivity contribution in [2.75, 3.05) is 0 Å². The van der Waals surface area contributed by atoms with Gasteiger partial charge in [-0.05, 0) is 24.1 Å². The molecule has 1 atom stereocenters. The molecule has 1 amide bonds. The van der Waals surface area contributed by atoms with Gasteiger partial charge >= 0.3 is 0 Å². The number of hydrogen-bond acceptors (Lipinski definition) is 1. The molecule has 0 saturated heterocycles. The highest BCUT2D eigenvalue weighted by Crippen LogP contribution is 2.30. The number of nitrogens with zero attached hydrogens (tertiary/aromatic N) is 1. The zero-order chi connectivity index (χ0) is 12.5. The van der Waals surface area contributed by atoms with E-state index in [1.807, 2.05) is 47.4 Å². The van der Waals surface area contributed by atoms with Gasteiger partial charge in [0.15, 0.2) is 0 Å². The minimum absolute atomic E-state index is 0.117. The summed E-state index contributed by atoms with van der Waals surface area (Å²) in [6, 6.07) is 18.1. The molecule has 0 bridgehead atoms. The number of benzene rings is 2. The van der Waals surface area contributed by atoms with Crippen molar-refractivity contribution >= 4 is 5.91 Å². The molecule has 1 aliphatic heterocycles. The number of hydrogen-bond donors (Lipinski definition) is 0. The molecule has 0 fully saturated rings. The standard InChI is InChI=1S/C16H15NO/c1-12(13-7-3-2-4-8-13)17-11-14-9-5-6-10-15(14)16(17)18/h2-10,12H,11H2,1H3/t12-/m1/s1. The first-order chi connectivity index (χ1) is 8.77. The number of amides is 1. The summed E-state index contributed by atoms with van der Waals surface area (Å²) in [5.74, 6) is 0.141. The van der Waals surface area contributed by atoms with Crippen LogP contribution < -0.4 is 0 Å². The predicted molar refractivity (Wildman–Crippen MR) is 71.2 cm³/mol. The average molecular weight is 237 g/mol. The molecule has 1 aliphatic rings. The van der Waals surface area contributed by atoms with Gasteiger partial charge in [-0.2, -0.15) is 0 Å². The molecule has 0 N–H and O–H groups in total. The van der Waals surface area contributed by atoms with Crippen LogP contribution in [0.4, 0.5) is 0 Å². The minimum atomic E-state index is 0.117. The van der Waals surface area contributed by atoms with Gasteiger partial charge in [-0.25, -0.2) is 0 Å². The van der Waals surface area contributed by atoms with E-state index in [0.29, 0.717) is 6.54 Å². The normalized spacial score (nSPS) is 15.6. The first-order valence-corrected chi connectivity index (χ1v) is 6.21. The van der Waals surface area contributed by atoms with Gasteiger partial charge in [-0.1, -0.05) is 48.5 Å². The van der Waals surface area contributed by atoms with Crippen molar-refractivity contribution in [2.24, 2.45) is 0 Å². The first kappa shape index (κ1) is 11.0. The molecule has 2 heteroatoms. The van der Waals surface area contributed by atoms with Crippen LogP contribution >= 0.6 is 0 Å². The lowest BCUT2D eigenvalue weighted by Gasteiger charge is -2.24. The summed E-state index contributed by atoms with van der Waals surface area (Å²) in [6.07, 6.45) is 0. The molecule has 2 aromatic rings. The van der Waals surface area contributed by atoms with Gasteiger partial charge in [-0.3, -0.25) is 4.79 Å². The van der Waals surface area contributed by atoms with Crippen molar-refractivity contribution in [3.05, 3.63) is 71.3 Å². The number of carbonyl (C=O) groups excluding carboxylic acids is 1. The summed E-state index contributed by atoms with van der Waals surface area (Å²) in [5, 5.41) is 0. The Labute approximate surface area is 107 Å². The topological polar surface area (TPSA) is 20.3 Å². The molecule has 2 nitrogen and oxygen atoms in total. The fraction of sp³-hybridized carbons (Fsp3) is 0.188. The Balaban J connectivity index is 1.91. The third kappa shape index (κ3) is 1.70. The monoisotopic (exact) mass is 237 g/mol. The lowest BCUT2D eigenvalue weighted by molar-refractivity contribution is 0.0716. The van der Waals surface area contributed by atoms with E-state index in [4.69, 9.17) is 0 Å². The zero-order valence-electron chi connectivity index (χ0n) is 10.3. The van der Waals surface area contributed by atoms with E-state index in [9.17, 15) is 4.79 Å². The highest BCUT2D eigenvalue weighted by atomic mass is 16.2. The molecule has 0 radical (unpaired) electrons. The van der Waals surface area contributed by atoms with E-state index in [1.165, 1.54) is 5.56 Å². The molecule has 0 aliphatic carbocycles. The van der Waals surface area contributed by atoms with Crippen LogP contribution in [0.2, 0.25) is 0 Å². The maximum atomic E-state index is 12.3. The summed E-state index contributed by atoms with van der Waals surface area (Å²) in [4.78, 5) is 14.3. The fourth-order valence-electron chi connectivity index (χ4n) is 2.50. The van der Waals surface area contributed by atoms with Crippen LogP contribution in [0, 0.1) is 0 Å². The Bertz CT molecular complexity index is 577. The van der Waals surface area contributed by atoms with Crippen molar-refractivity contribution in [3.63, 3.8) is 0 Å². The van der Waals surface area contributed by atoms with Gasteiger partial charge in [0.1, 0.15) is 0 Å². The second kappa shape index (κ2) is 4.30. The summed E-state index contributed by atoms with van der Waals surface area (Å²) >= 11 is 0. The van der Waals surface area contributed by atoms with Crippen molar-refractivity contribution in [2.45, 2.75) is 19.5 Å². The molecule has 0 aromatic heterocycles. The molecule has 0 saturated carbocycles. The first-order valence-electron chi connectivity index (χ1n) is 6.21. The lowest BCUT2D eigenvalue weighted by atomic mass is 10.1. The molecular formula is C16H15NO. The molecule has 18 heavy (non-hydrogen) atoms. The highest BCUT2D eigenvalue weighted by Gasteiger charge is 2.30. The third-order valence-electron chi connectivity index (χ3n) is 3.60. The maximum absolute atomic E-state index is 12.3. The second-order valence-electron chi connectivity index (χ2n) is 4.68. The van der Waals surface area contributed by atoms with Gasteiger partial charge in [0.25, 0.3) is 5.91 Å². The largest absolute Gasteiger partial charge is 0.328 e. The van der Waals surface area contributed by atoms with E-state index in [0.717, 1.165) is 11.1 Å². The Morgan fingerprint density at radius 1 is 1.00 bits per heavy atom. The van der Waals surface area contributed by atoms with E-state index in [1.54, 1.807) is 0 Å². The summed E-state index contributed by atoms with van der Waals surface area (Å²) in [7, 11) is 0. The summed E-state index contributed by atoms with van der Waals surface area (Å²) < 4.78 is 0. The molecular weight excluding hydrogens is 222 g/mol. The van der Waals surface area contributed by atoms with Gasteiger partial charge < -0.3 is 4.90 Å². The van der Waals surface area contributed by atoms with Gasteiger partial charge in [0.2, 0.25) is 0 Å². The highest BCUT2D eigenvalue weighted by molar-refractivity contribution is 5.98. The third-order valence-corrected chi connectivity index (χ3v) is 3.60. The predicted octanol–water partition coefficient (Wildman–Crippen LogP) is 3.40. The van der Waals surface area contributed by atoms with Gasteiger partial charge in [-0.15, -0.1) is 0 Å². The average Bonchev–Trinajstić information content (AvgIpc) is 2.77. The van der Waals surface area contributed by atoms with E-state index in [-0.39, 0.29) is 11.9 Å². The SMILES string of the molecule is C[C@H](c1ccccc1)N1Cc2ccccc2C1=O. The van der Waals surface area contributed by atoms with Crippen LogP contribution in [0.5, 0.6) is 0 Å². The molecule has 90 valence electrons.